The van der Waals surface area contributed by atoms with Crippen LogP contribution in [0.3, 0.4) is 0 Å². The van der Waals surface area contributed by atoms with Crippen molar-refractivity contribution in [2.45, 2.75) is 38.8 Å². The van der Waals surface area contributed by atoms with E-state index in [2.05, 4.69) is 13.0 Å². The molecule has 120 valence electrons. The van der Waals surface area contributed by atoms with Crippen molar-refractivity contribution in [3.05, 3.63) is 59.1 Å². The lowest BCUT2D eigenvalue weighted by atomic mass is 10.1. The van der Waals surface area contributed by atoms with Gasteiger partial charge in [0, 0.05) is 11.7 Å². The van der Waals surface area contributed by atoms with Gasteiger partial charge in [0.15, 0.2) is 6.10 Å². The van der Waals surface area contributed by atoms with Gasteiger partial charge in [0.2, 0.25) is 0 Å². The molecule has 3 rings (SSSR count). The van der Waals surface area contributed by atoms with Gasteiger partial charge in [-0.3, -0.25) is 4.79 Å². The maximum absolute atomic E-state index is 13.0. The van der Waals surface area contributed by atoms with Crippen molar-refractivity contribution in [2.24, 2.45) is 0 Å². The number of hydrogen-bond acceptors (Lipinski definition) is 2. The van der Waals surface area contributed by atoms with Crippen molar-refractivity contribution in [1.82, 2.24) is 0 Å². The second kappa shape index (κ2) is 6.63. The number of carbonyl (C=O) groups excluding carboxylic acids is 1. The fraction of sp³-hybridized carbons (Fsp3) is 0.316. The van der Waals surface area contributed by atoms with Crippen LogP contribution in [-0.4, -0.2) is 18.1 Å². The Balaban J connectivity index is 1.85. The van der Waals surface area contributed by atoms with Gasteiger partial charge >= 0.3 is 0 Å². The highest BCUT2D eigenvalue weighted by Gasteiger charge is 2.35. The Morgan fingerprint density at radius 2 is 1.96 bits per heavy atom. The highest BCUT2D eigenvalue weighted by atomic mass is 35.5. The van der Waals surface area contributed by atoms with Crippen LogP contribution in [0.5, 0.6) is 5.75 Å². The normalized spacial score (nSPS) is 17.7. The Labute approximate surface area is 141 Å². The summed E-state index contributed by atoms with van der Waals surface area (Å²) in [7, 11) is 0. The van der Waals surface area contributed by atoms with Crippen molar-refractivity contribution in [1.29, 1.82) is 0 Å². The third-order valence-corrected chi connectivity index (χ3v) is 4.51. The second-order valence-electron chi connectivity index (χ2n) is 5.84. The van der Waals surface area contributed by atoms with Gasteiger partial charge in [-0.1, -0.05) is 48.9 Å². The number of benzene rings is 2. The molecule has 3 nitrogen and oxygen atoms in total. The van der Waals surface area contributed by atoms with E-state index in [1.165, 1.54) is 5.56 Å². The molecule has 1 aliphatic heterocycles. The molecule has 0 saturated carbocycles. The molecule has 0 saturated heterocycles. The predicted octanol–water partition coefficient (Wildman–Crippen LogP) is 4.48. The monoisotopic (exact) mass is 329 g/mol. The van der Waals surface area contributed by atoms with E-state index in [1.807, 2.05) is 42.2 Å². The van der Waals surface area contributed by atoms with Crippen molar-refractivity contribution in [3.8, 4) is 5.75 Å². The Morgan fingerprint density at radius 1 is 1.26 bits per heavy atom. The maximum Gasteiger partial charge on any atom is 0.268 e. The Morgan fingerprint density at radius 3 is 2.70 bits per heavy atom. The Bertz CT molecular complexity index is 716. The van der Waals surface area contributed by atoms with Gasteiger partial charge in [-0.15, -0.1) is 0 Å². The number of para-hydroxylation sites is 2. The molecule has 1 amide bonds. The second-order valence-corrected chi connectivity index (χ2v) is 6.24. The zero-order valence-corrected chi connectivity index (χ0v) is 14.1. The minimum Gasteiger partial charge on any atom is -0.479 e. The third kappa shape index (κ3) is 3.06. The lowest BCUT2D eigenvalue weighted by Gasteiger charge is -2.27. The molecule has 2 atom stereocenters. The molecule has 2 aromatic rings. The average molecular weight is 330 g/mol. The number of nitrogens with zero attached hydrogens (tertiary/aromatic N) is 1. The molecule has 0 radical (unpaired) electrons. The molecule has 0 aromatic heterocycles. The van der Waals surface area contributed by atoms with E-state index in [9.17, 15) is 4.79 Å². The van der Waals surface area contributed by atoms with Gasteiger partial charge in [0.05, 0.1) is 5.02 Å². The van der Waals surface area contributed by atoms with Crippen LogP contribution in [0.1, 0.15) is 25.8 Å². The smallest absolute Gasteiger partial charge is 0.268 e. The molecular formula is C19H20ClNO2. The number of halogens is 1. The molecule has 1 heterocycles. The predicted molar refractivity (Wildman–Crippen MR) is 93.3 cm³/mol. The van der Waals surface area contributed by atoms with Gasteiger partial charge in [-0.2, -0.15) is 0 Å². The van der Waals surface area contributed by atoms with Crippen LogP contribution in [0.25, 0.3) is 0 Å². The minimum atomic E-state index is -0.538. The van der Waals surface area contributed by atoms with Crippen molar-refractivity contribution < 1.29 is 9.53 Å². The average Bonchev–Trinajstić information content (AvgIpc) is 2.89. The number of amides is 1. The molecule has 23 heavy (non-hydrogen) atoms. The Hall–Kier alpha value is -2.00. The lowest BCUT2D eigenvalue weighted by Crippen LogP contribution is -2.44. The molecule has 0 spiro atoms. The number of carbonyl (C=O) groups is 1. The zero-order valence-electron chi connectivity index (χ0n) is 13.3. The van der Waals surface area contributed by atoms with Gasteiger partial charge in [-0.25, -0.2) is 0 Å². The van der Waals surface area contributed by atoms with E-state index >= 15 is 0 Å². The van der Waals surface area contributed by atoms with Crippen molar-refractivity contribution in [2.75, 3.05) is 4.90 Å². The van der Waals surface area contributed by atoms with E-state index in [0.717, 1.165) is 12.1 Å². The molecule has 0 N–H and O–H groups in total. The largest absolute Gasteiger partial charge is 0.479 e. The fourth-order valence-corrected chi connectivity index (χ4v) is 3.24. The summed E-state index contributed by atoms with van der Waals surface area (Å²) in [6.07, 6.45) is 0.934. The van der Waals surface area contributed by atoms with E-state index in [0.29, 0.717) is 17.2 Å². The van der Waals surface area contributed by atoms with Crippen LogP contribution >= 0.6 is 11.6 Å². The van der Waals surface area contributed by atoms with Crippen LogP contribution in [0, 0.1) is 0 Å². The first-order valence-corrected chi connectivity index (χ1v) is 8.31. The highest BCUT2D eigenvalue weighted by Crippen LogP contribution is 2.33. The van der Waals surface area contributed by atoms with Crippen LogP contribution in [0.15, 0.2) is 48.5 Å². The van der Waals surface area contributed by atoms with Gasteiger partial charge < -0.3 is 9.64 Å². The quantitative estimate of drug-likeness (QED) is 0.828. The summed E-state index contributed by atoms with van der Waals surface area (Å²) >= 11 is 6.15. The molecule has 2 aromatic carbocycles. The van der Waals surface area contributed by atoms with E-state index < -0.39 is 6.10 Å². The molecule has 4 heteroatoms. The first-order valence-electron chi connectivity index (χ1n) is 7.94. The van der Waals surface area contributed by atoms with Crippen LogP contribution in [-0.2, 0) is 11.2 Å². The number of hydrogen-bond donors (Lipinski definition) is 0. The highest BCUT2D eigenvalue weighted by molar-refractivity contribution is 6.32. The Kier molecular flexibility index (Phi) is 4.58. The fourth-order valence-electron chi connectivity index (χ4n) is 3.06. The first-order chi connectivity index (χ1) is 11.1. The van der Waals surface area contributed by atoms with E-state index in [-0.39, 0.29) is 11.9 Å². The van der Waals surface area contributed by atoms with Crippen molar-refractivity contribution >= 4 is 23.2 Å². The molecule has 0 aliphatic carbocycles. The maximum atomic E-state index is 13.0. The van der Waals surface area contributed by atoms with Gasteiger partial charge in [0.25, 0.3) is 5.91 Å². The summed E-state index contributed by atoms with van der Waals surface area (Å²) in [4.78, 5) is 14.9. The standard InChI is InChI=1S/C19H20ClNO2/c1-3-17(23-18-11-7-5-9-15(18)20)19(22)21-13(2)12-14-8-4-6-10-16(14)21/h4-11,13,17H,3,12H2,1-2H3/t13-,17+/m1/s1. The topological polar surface area (TPSA) is 29.5 Å². The molecule has 1 aliphatic rings. The first kappa shape index (κ1) is 15.9. The third-order valence-electron chi connectivity index (χ3n) is 4.20. The van der Waals surface area contributed by atoms with E-state index in [1.54, 1.807) is 12.1 Å². The molecule has 0 bridgehead atoms. The zero-order chi connectivity index (χ0) is 16.4. The summed E-state index contributed by atoms with van der Waals surface area (Å²) in [6.45, 7) is 4.02. The summed E-state index contributed by atoms with van der Waals surface area (Å²) < 4.78 is 5.91. The number of fused-ring (bicyclic) bond motifs is 1. The number of rotatable bonds is 4. The summed E-state index contributed by atoms with van der Waals surface area (Å²) in [5.41, 5.74) is 2.20. The van der Waals surface area contributed by atoms with Crippen LogP contribution in [0.4, 0.5) is 5.69 Å². The molecule has 0 fully saturated rings. The van der Waals surface area contributed by atoms with Crippen molar-refractivity contribution in [3.63, 3.8) is 0 Å². The van der Waals surface area contributed by atoms with Gasteiger partial charge in [0.1, 0.15) is 5.75 Å². The SMILES string of the molecule is CC[C@H](Oc1ccccc1Cl)C(=O)N1c2ccccc2C[C@H]1C. The van der Waals surface area contributed by atoms with Crippen LogP contribution < -0.4 is 9.64 Å². The molecule has 0 unspecified atom stereocenters. The lowest BCUT2D eigenvalue weighted by molar-refractivity contribution is -0.125. The van der Waals surface area contributed by atoms with Gasteiger partial charge in [-0.05, 0) is 43.5 Å². The summed E-state index contributed by atoms with van der Waals surface area (Å²) in [6, 6.07) is 15.5. The molecular weight excluding hydrogens is 310 g/mol. The van der Waals surface area contributed by atoms with E-state index in [4.69, 9.17) is 16.3 Å². The number of anilines is 1. The minimum absolute atomic E-state index is 0.00938. The number of ether oxygens (including phenoxy) is 1. The summed E-state index contributed by atoms with van der Waals surface area (Å²) in [5.74, 6) is 0.541. The van der Waals surface area contributed by atoms with Crippen LogP contribution in [0.2, 0.25) is 5.02 Å². The summed E-state index contributed by atoms with van der Waals surface area (Å²) in [5, 5.41) is 0.522.